The maximum Gasteiger partial charge on any atom is 0.262 e. The van der Waals surface area contributed by atoms with Gasteiger partial charge in [0, 0.05) is 39.0 Å². The number of aryl methyl sites for hydroxylation is 1. The van der Waals surface area contributed by atoms with Crippen LogP contribution in [0, 0.1) is 11.6 Å². The number of rotatable bonds is 11. The number of sulfonamides is 1. The molecule has 2 heterocycles. The standard InChI is InChI=1S/C26H30F2N4O5S/c1-31-16-25(29-17-31)38(35,36)32(14-20-8-5-11-37-20)15-24(33)23(12-18-6-3-2-4-7-18)30-26(34)21-10-9-19(27)13-22(21)28/h2-4,6-7,9-10,13,16-17,20,23-24,33H,5,8,11-12,14-15H2,1H3,(H,30,34)/t20?,23-,24+/m0/s1. The second-order valence-electron chi connectivity index (χ2n) is 9.30. The molecule has 2 N–H and O–H groups in total. The van der Waals surface area contributed by atoms with E-state index in [-0.39, 0.29) is 30.6 Å². The van der Waals surface area contributed by atoms with E-state index in [1.54, 1.807) is 31.3 Å². The van der Waals surface area contributed by atoms with Crippen LogP contribution in [0.25, 0.3) is 0 Å². The first-order valence-corrected chi connectivity index (χ1v) is 13.6. The minimum Gasteiger partial charge on any atom is -0.390 e. The van der Waals surface area contributed by atoms with Gasteiger partial charge in [-0.1, -0.05) is 30.3 Å². The average Bonchev–Trinajstić information content (AvgIpc) is 3.56. The Bertz CT molecular complexity index is 1350. The van der Waals surface area contributed by atoms with Crippen molar-refractivity contribution in [2.45, 2.75) is 42.5 Å². The molecule has 2 aromatic carbocycles. The summed E-state index contributed by atoms with van der Waals surface area (Å²) in [6, 6.07) is 10.5. The topological polar surface area (TPSA) is 114 Å². The lowest BCUT2D eigenvalue weighted by atomic mass is 10.00. The highest BCUT2D eigenvalue weighted by Crippen LogP contribution is 2.21. The summed E-state index contributed by atoms with van der Waals surface area (Å²) in [6.07, 6.45) is 2.58. The number of nitrogens with zero attached hydrogens (tertiary/aromatic N) is 3. The Hall–Kier alpha value is -3.19. The van der Waals surface area contributed by atoms with E-state index in [4.69, 9.17) is 4.74 Å². The number of carbonyl (C=O) groups excluding carboxylic acids is 1. The Morgan fingerprint density at radius 1 is 1.26 bits per heavy atom. The van der Waals surface area contributed by atoms with E-state index in [1.807, 2.05) is 6.07 Å². The van der Waals surface area contributed by atoms with Gasteiger partial charge in [0.1, 0.15) is 11.6 Å². The van der Waals surface area contributed by atoms with Crippen LogP contribution in [0.5, 0.6) is 0 Å². The molecule has 0 aliphatic carbocycles. The molecule has 1 aliphatic heterocycles. The van der Waals surface area contributed by atoms with Crippen LogP contribution in [0.4, 0.5) is 8.78 Å². The van der Waals surface area contributed by atoms with Gasteiger partial charge >= 0.3 is 0 Å². The molecule has 1 aromatic heterocycles. The SMILES string of the molecule is Cn1cnc(S(=O)(=O)N(CC2CCCO2)C[C@@H](O)[C@H](Cc2ccccc2)NC(=O)c2ccc(F)cc2F)c1. The predicted molar refractivity (Wildman–Crippen MR) is 135 cm³/mol. The van der Waals surface area contributed by atoms with Crippen LogP contribution in [0.15, 0.2) is 66.1 Å². The van der Waals surface area contributed by atoms with Crippen LogP contribution in [0.2, 0.25) is 0 Å². The summed E-state index contributed by atoms with van der Waals surface area (Å²) in [5.74, 6) is -2.74. The molecule has 38 heavy (non-hydrogen) atoms. The molecule has 1 saturated heterocycles. The van der Waals surface area contributed by atoms with Gasteiger partial charge in [-0.25, -0.2) is 22.2 Å². The third-order valence-electron chi connectivity index (χ3n) is 6.36. The highest BCUT2D eigenvalue weighted by molar-refractivity contribution is 7.89. The summed E-state index contributed by atoms with van der Waals surface area (Å²) in [7, 11) is -2.47. The first-order chi connectivity index (χ1) is 18.1. The number of benzene rings is 2. The van der Waals surface area contributed by atoms with Gasteiger partial charge in [0.2, 0.25) is 0 Å². The second-order valence-corrected chi connectivity index (χ2v) is 11.2. The zero-order chi connectivity index (χ0) is 27.3. The first kappa shape index (κ1) is 27.8. The number of ether oxygens (including phenoxy) is 1. The molecule has 0 saturated carbocycles. The lowest BCUT2D eigenvalue weighted by molar-refractivity contribution is 0.0624. The summed E-state index contributed by atoms with van der Waals surface area (Å²) in [5, 5.41) is 13.7. The summed E-state index contributed by atoms with van der Waals surface area (Å²) in [4.78, 5) is 16.9. The van der Waals surface area contributed by atoms with E-state index in [9.17, 15) is 27.1 Å². The summed E-state index contributed by atoms with van der Waals surface area (Å²) in [5.41, 5.74) is 0.365. The Kier molecular flexibility index (Phi) is 8.87. The minimum atomic E-state index is -4.11. The number of nitrogens with one attached hydrogen (secondary N) is 1. The van der Waals surface area contributed by atoms with E-state index in [0.29, 0.717) is 19.1 Å². The highest BCUT2D eigenvalue weighted by Gasteiger charge is 2.35. The van der Waals surface area contributed by atoms with E-state index in [0.717, 1.165) is 28.4 Å². The molecule has 9 nitrogen and oxygen atoms in total. The van der Waals surface area contributed by atoms with Crippen molar-refractivity contribution in [2.24, 2.45) is 7.05 Å². The quantitative estimate of drug-likeness (QED) is 0.380. The van der Waals surface area contributed by atoms with E-state index in [1.165, 1.54) is 17.1 Å². The zero-order valence-corrected chi connectivity index (χ0v) is 21.7. The lowest BCUT2D eigenvalue weighted by Gasteiger charge is -2.30. The Balaban J connectivity index is 1.60. The molecular weight excluding hydrogens is 518 g/mol. The fourth-order valence-electron chi connectivity index (χ4n) is 4.35. The van der Waals surface area contributed by atoms with Crippen LogP contribution in [0.1, 0.15) is 28.8 Å². The molecule has 0 radical (unpaired) electrons. The number of hydrogen-bond acceptors (Lipinski definition) is 6. The van der Waals surface area contributed by atoms with Gasteiger partial charge in [-0.3, -0.25) is 4.79 Å². The maximum absolute atomic E-state index is 14.3. The minimum absolute atomic E-state index is 0.00540. The molecule has 0 spiro atoms. The molecule has 12 heteroatoms. The lowest BCUT2D eigenvalue weighted by Crippen LogP contribution is -2.51. The van der Waals surface area contributed by atoms with Crippen LogP contribution in [0.3, 0.4) is 0 Å². The number of aliphatic hydroxyl groups is 1. The number of hydrogen-bond donors (Lipinski definition) is 2. The average molecular weight is 549 g/mol. The number of aromatic nitrogens is 2. The zero-order valence-electron chi connectivity index (χ0n) is 20.8. The normalized spacial score (nSPS) is 17.4. The molecule has 4 rings (SSSR count). The maximum atomic E-state index is 14.3. The van der Waals surface area contributed by atoms with Crippen molar-refractivity contribution in [3.63, 3.8) is 0 Å². The van der Waals surface area contributed by atoms with Crippen LogP contribution in [-0.4, -0.2) is 71.2 Å². The van der Waals surface area contributed by atoms with Gasteiger partial charge in [-0.05, 0) is 37.0 Å². The van der Waals surface area contributed by atoms with Gasteiger partial charge in [0.05, 0.1) is 30.1 Å². The first-order valence-electron chi connectivity index (χ1n) is 12.2. The summed E-state index contributed by atoms with van der Waals surface area (Å²) in [6.45, 7) is 0.137. The van der Waals surface area contributed by atoms with Crippen molar-refractivity contribution in [1.82, 2.24) is 19.2 Å². The molecule has 0 bridgehead atoms. The molecule has 1 fully saturated rings. The van der Waals surface area contributed by atoms with Gasteiger partial charge in [-0.2, -0.15) is 4.31 Å². The monoisotopic (exact) mass is 548 g/mol. The highest BCUT2D eigenvalue weighted by atomic mass is 32.2. The molecule has 1 amide bonds. The Labute approximate surface area is 220 Å². The third kappa shape index (κ3) is 6.81. The fourth-order valence-corrected chi connectivity index (χ4v) is 5.80. The fraction of sp³-hybridized carbons (Fsp3) is 0.385. The van der Waals surface area contributed by atoms with Crippen molar-refractivity contribution in [1.29, 1.82) is 0 Å². The Morgan fingerprint density at radius 3 is 2.66 bits per heavy atom. The Morgan fingerprint density at radius 2 is 2.03 bits per heavy atom. The molecule has 3 atom stereocenters. The molecule has 204 valence electrons. The largest absolute Gasteiger partial charge is 0.390 e. The molecular formula is C26H30F2N4O5S. The van der Waals surface area contributed by atoms with E-state index >= 15 is 0 Å². The van der Waals surface area contributed by atoms with Gasteiger partial charge in [0.25, 0.3) is 15.9 Å². The van der Waals surface area contributed by atoms with Crippen molar-refractivity contribution in [3.05, 3.63) is 83.8 Å². The summed E-state index contributed by atoms with van der Waals surface area (Å²) >= 11 is 0. The molecule has 3 aromatic rings. The van der Waals surface area contributed by atoms with Gasteiger partial charge in [-0.15, -0.1) is 0 Å². The molecule has 1 unspecified atom stereocenters. The van der Waals surface area contributed by atoms with Crippen molar-refractivity contribution in [3.8, 4) is 0 Å². The summed E-state index contributed by atoms with van der Waals surface area (Å²) < 4.78 is 62.9. The van der Waals surface area contributed by atoms with Crippen molar-refractivity contribution in [2.75, 3.05) is 19.7 Å². The number of halogens is 2. The number of aliphatic hydroxyl groups excluding tert-OH is 1. The third-order valence-corrected chi connectivity index (χ3v) is 8.08. The number of carbonyl (C=O) groups is 1. The van der Waals surface area contributed by atoms with E-state index < -0.39 is 45.3 Å². The van der Waals surface area contributed by atoms with Crippen LogP contribution < -0.4 is 5.32 Å². The van der Waals surface area contributed by atoms with Crippen molar-refractivity contribution < 1.29 is 31.8 Å². The smallest absolute Gasteiger partial charge is 0.262 e. The van der Waals surface area contributed by atoms with Gasteiger partial charge in [0.15, 0.2) is 5.03 Å². The number of imidazole rings is 1. The molecule has 1 aliphatic rings. The van der Waals surface area contributed by atoms with E-state index in [2.05, 4.69) is 10.3 Å². The number of amides is 1. The van der Waals surface area contributed by atoms with Gasteiger partial charge < -0.3 is 19.7 Å². The second kappa shape index (κ2) is 12.1. The van der Waals surface area contributed by atoms with Crippen LogP contribution in [-0.2, 0) is 28.2 Å². The van der Waals surface area contributed by atoms with Crippen LogP contribution >= 0.6 is 0 Å². The van der Waals surface area contributed by atoms with Crippen molar-refractivity contribution >= 4 is 15.9 Å². The predicted octanol–water partition coefficient (Wildman–Crippen LogP) is 2.27.